The summed E-state index contributed by atoms with van der Waals surface area (Å²) in [6.07, 6.45) is -6.00. The molecule has 0 saturated carbocycles. The number of benzene rings is 2. The maximum atomic E-state index is 13.2. The Labute approximate surface area is 180 Å². The second-order valence-electron chi connectivity index (χ2n) is 6.47. The van der Waals surface area contributed by atoms with Gasteiger partial charge < -0.3 is 15.0 Å². The second-order valence-corrected chi connectivity index (χ2v) is 7.72. The second kappa shape index (κ2) is 8.60. The molecule has 3 aromatic rings. The summed E-state index contributed by atoms with van der Waals surface area (Å²) in [5.74, 6) is 0.265. The first-order chi connectivity index (χ1) is 13.6. The minimum absolute atomic E-state index is 0.128. The number of nitrogens with one attached hydrogen (secondary N) is 1. The van der Waals surface area contributed by atoms with E-state index in [4.69, 9.17) is 34.8 Å². The fourth-order valence-corrected chi connectivity index (χ4v) is 3.62. The van der Waals surface area contributed by atoms with E-state index >= 15 is 0 Å². The van der Waals surface area contributed by atoms with Crippen LogP contribution in [-0.2, 0) is 6.54 Å². The van der Waals surface area contributed by atoms with E-state index in [0.717, 1.165) is 6.42 Å². The van der Waals surface area contributed by atoms with Crippen LogP contribution in [0.3, 0.4) is 0 Å². The SMILES string of the molecule is CCCCn1c(Nc2ccc(Cl)cc2Cl)nc2c(Cl)ccc(C(O)C(F)(F)F)c21. The van der Waals surface area contributed by atoms with E-state index in [9.17, 15) is 18.3 Å². The van der Waals surface area contributed by atoms with Gasteiger partial charge in [-0.3, -0.25) is 0 Å². The molecule has 0 aliphatic heterocycles. The lowest BCUT2D eigenvalue weighted by Gasteiger charge is -2.18. The van der Waals surface area contributed by atoms with E-state index in [1.165, 1.54) is 18.2 Å². The molecular weight excluding hydrogens is 450 g/mol. The van der Waals surface area contributed by atoms with Gasteiger partial charge in [-0.05, 0) is 30.7 Å². The van der Waals surface area contributed by atoms with Crippen LogP contribution in [0.25, 0.3) is 11.0 Å². The maximum absolute atomic E-state index is 13.2. The fourth-order valence-electron chi connectivity index (χ4n) is 2.97. The van der Waals surface area contributed by atoms with Crippen LogP contribution in [0.15, 0.2) is 30.3 Å². The van der Waals surface area contributed by atoms with Crippen LogP contribution in [0.1, 0.15) is 31.4 Å². The number of fused-ring (bicyclic) bond motifs is 1. The van der Waals surface area contributed by atoms with Crippen molar-refractivity contribution < 1.29 is 18.3 Å². The standard InChI is InChI=1S/C19H17Cl3F3N3O/c1-2-3-8-28-16-11(17(29)19(23,24)25)5-6-12(21)15(16)27-18(28)26-14-7-4-10(20)9-13(14)22/h4-7,9,17,29H,2-3,8H2,1H3,(H,26,27). The van der Waals surface area contributed by atoms with Crippen LogP contribution < -0.4 is 5.32 Å². The quantitative estimate of drug-likeness (QED) is 0.406. The van der Waals surface area contributed by atoms with Gasteiger partial charge in [0.1, 0.15) is 5.52 Å². The third kappa shape index (κ3) is 4.58. The molecule has 29 heavy (non-hydrogen) atoms. The van der Waals surface area contributed by atoms with E-state index in [0.29, 0.717) is 28.7 Å². The third-order valence-electron chi connectivity index (χ3n) is 4.39. The maximum Gasteiger partial charge on any atom is 0.418 e. The number of aliphatic hydroxyl groups is 1. The van der Waals surface area contributed by atoms with Gasteiger partial charge in [0.05, 0.1) is 21.2 Å². The molecule has 0 fully saturated rings. The first-order valence-corrected chi connectivity index (χ1v) is 9.92. The van der Waals surface area contributed by atoms with Gasteiger partial charge in [0.2, 0.25) is 5.95 Å². The van der Waals surface area contributed by atoms with Crippen molar-refractivity contribution in [2.24, 2.45) is 0 Å². The van der Waals surface area contributed by atoms with Gasteiger partial charge in [-0.15, -0.1) is 0 Å². The molecule has 0 aliphatic rings. The number of alkyl halides is 3. The lowest BCUT2D eigenvalue weighted by atomic mass is 10.1. The molecular formula is C19H17Cl3F3N3O. The van der Waals surface area contributed by atoms with E-state index in [-0.39, 0.29) is 27.6 Å². The number of aryl methyl sites for hydroxylation is 1. The monoisotopic (exact) mass is 465 g/mol. The number of rotatable bonds is 6. The average Bonchev–Trinajstić information content (AvgIpc) is 3.00. The number of aromatic nitrogens is 2. The van der Waals surface area contributed by atoms with Crippen molar-refractivity contribution in [2.75, 3.05) is 5.32 Å². The number of hydrogen-bond acceptors (Lipinski definition) is 3. The highest BCUT2D eigenvalue weighted by molar-refractivity contribution is 6.36. The number of halogens is 6. The zero-order valence-corrected chi connectivity index (χ0v) is 17.5. The van der Waals surface area contributed by atoms with E-state index < -0.39 is 12.3 Å². The molecule has 1 unspecified atom stereocenters. The van der Waals surface area contributed by atoms with Gasteiger partial charge in [0, 0.05) is 17.1 Å². The summed E-state index contributed by atoms with van der Waals surface area (Å²) in [4.78, 5) is 4.40. The van der Waals surface area contributed by atoms with Gasteiger partial charge in [-0.25, -0.2) is 4.98 Å². The first-order valence-electron chi connectivity index (χ1n) is 8.79. The summed E-state index contributed by atoms with van der Waals surface area (Å²) in [5, 5.41) is 13.9. The Hall–Kier alpha value is -1.67. The highest BCUT2D eigenvalue weighted by Crippen LogP contribution is 2.40. The fraction of sp³-hybridized carbons (Fsp3) is 0.316. The molecule has 0 saturated heterocycles. The van der Waals surface area contributed by atoms with Crippen molar-refractivity contribution >= 4 is 57.5 Å². The Morgan fingerprint density at radius 3 is 2.48 bits per heavy atom. The highest BCUT2D eigenvalue weighted by Gasteiger charge is 2.41. The van der Waals surface area contributed by atoms with Crippen molar-refractivity contribution in [3.8, 4) is 0 Å². The van der Waals surface area contributed by atoms with Gasteiger partial charge in [-0.1, -0.05) is 54.2 Å². The average molecular weight is 467 g/mol. The number of anilines is 2. The van der Waals surface area contributed by atoms with Crippen molar-refractivity contribution in [1.29, 1.82) is 0 Å². The third-order valence-corrected chi connectivity index (χ3v) is 5.25. The van der Waals surface area contributed by atoms with Crippen molar-refractivity contribution in [2.45, 2.75) is 38.6 Å². The van der Waals surface area contributed by atoms with Gasteiger partial charge in [-0.2, -0.15) is 13.2 Å². The predicted octanol–water partition coefficient (Wildman–Crippen LogP) is 7.14. The summed E-state index contributed by atoms with van der Waals surface area (Å²) < 4.78 is 41.3. The Kier molecular flexibility index (Phi) is 6.53. The number of hydrogen-bond donors (Lipinski definition) is 2. The summed E-state index contributed by atoms with van der Waals surface area (Å²) in [7, 11) is 0. The lowest BCUT2D eigenvalue weighted by Crippen LogP contribution is -2.21. The van der Waals surface area contributed by atoms with E-state index in [1.807, 2.05) is 6.92 Å². The predicted molar refractivity (Wildman–Crippen MR) is 110 cm³/mol. The number of nitrogens with zero attached hydrogens (tertiary/aromatic N) is 2. The molecule has 1 atom stereocenters. The van der Waals surface area contributed by atoms with Crippen LogP contribution in [0.4, 0.5) is 24.8 Å². The van der Waals surface area contributed by atoms with Crippen LogP contribution >= 0.6 is 34.8 Å². The van der Waals surface area contributed by atoms with Crippen LogP contribution in [0.5, 0.6) is 0 Å². The number of unbranched alkanes of at least 4 members (excludes halogenated alkanes) is 1. The zero-order valence-electron chi connectivity index (χ0n) is 15.2. The molecule has 0 spiro atoms. The molecule has 0 aliphatic carbocycles. The topological polar surface area (TPSA) is 50.1 Å². The van der Waals surface area contributed by atoms with E-state index in [1.54, 1.807) is 16.7 Å². The van der Waals surface area contributed by atoms with Crippen LogP contribution in [0, 0.1) is 0 Å². The van der Waals surface area contributed by atoms with Gasteiger partial charge in [0.15, 0.2) is 6.10 Å². The summed E-state index contributed by atoms with van der Waals surface area (Å²) in [5.41, 5.74) is 0.466. The number of aliphatic hydroxyl groups excluding tert-OH is 1. The molecule has 0 bridgehead atoms. The Bertz CT molecular complexity index is 1040. The largest absolute Gasteiger partial charge is 0.418 e. The highest BCUT2D eigenvalue weighted by atomic mass is 35.5. The zero-order chi connectivity index (χ0) is 21.3. The van der Waals surface area contributed by atoms with E-state index in [2.05, 4.69) is 10.3 Å². The summed E-state index contributed by atoms with van der Waals surface area (Å²) >= 11 is 18.3. The molecule has 2 N–H and O–H groups in total. The Balaban J connectivity index is 2.20. The van der Waals surface area contributed by atoms with Gasteiger partial charge >= 0.3 is 6.18 Å². The van der Waals surface area contributed by atoms with Crippen molar-refractivity contribution in [3.63, 3.8) is 0 Å². The Morgan fingerprint density at radius 1 is 1.14 bits per heavy atom. The van der Waals surface area contributed by atoms with Crippen molar-refractivity contribution in [1.82, 2.24) is 9.55 Å². The molecule has 4 nitrogen and oxygen atoms in total. The van der Waals surface area contributed by atoms with Crippen LogP contribution in [0.2, 0.25) is 15.1 Å². The summed E-state index contributed by atoms with van der Waals surface area (Å²) in [6.45, 7) is 2.33. The molecule has 10 heteroatoms. The smallest absolute Gasteiger partial charge is 0.379 e. The molecule has 156 valence electrons. The molecule has 0 amide bonds. The number of imidazole rings is 1. The first kappa shape index (κ1) is 22.0. The van der Waals surface area contributed by atoms with Gasteiger partial charge in [0.25, 0.3) is 0 Å². The molecule has 3 rings (SSSR count). The normalized spacial score (nSPS) is 13.1. The molecule has 0 radical (unpaired) electrons. The molecule has 1 aromatic heterocycles. The molecule has 1 heterocycles. The Morgan fingerprint density at radius 2 is 1.86 bits per heavy atom. The summed E-state index contributed by atoms with van der Waals surface area (Å²) in [6, 6.07) is 7.27. The molecule has 2 aromatic carbocycles. The minimum atomic E-state index is -4.83. The van der Waals surface area contributed by atoms with Crippen LogP contribution in [-0.4, -0.2) is 20.8 Å². The lowest BCUT2D eigenvalue weighted by molar-refractivity contribution is -0.206. The van der Waals surface area contributed by atoms with Crippen molar-refractivity contribution in [3.05, 3.63) is 51.0 Å². The minimum Gasteiger partial charge on any atom is -0.379 e.